The van der Waals surface area contributed by atoms with Gasteiger partial charge in [-0.1, -0.05) is 30.3 Å². The minimum Gasteiger partial charge on any atom is -0.481 e. The number of carbonyl (C=O) groups is 2. The number of aliphatic carboxylic acids is 1. The Morgan fingerprint density at radius 1 is 1.15 bits per heavy atom. The number of aliphatic imine (C=N–C) groups is 1. The lowest BCUT2D eigenvalue weighted by Crippen LogP contribution is -2.21. The number of anilines is 1. The van der Waals surface area contributed by atoms with Crippen LogP contribution in [-0.4, -0.2) is 37.5 Å². The van der Waals surface area contributed by atoms with Crippen molar-refractivity contribution in [3.63, 3.8) is 0 Å². The molecule has 2 aromatic heterocycles. The lowest BCUT2D eigenvalue weighted by molar-refractivity contribution is -0.141. The SMILES string of the molecule is Cc1sc2c(c1C)C(c1ccc(C=CC(=O)Nc3cccc(C#N)c3)cc1)=N[C@@H](C(C)C(=O)O)c1nnc(C)n1-2. The molecule has 2 aromatic carbocycles. The minimum absolute atomic E-state index is 0.315. The van der Waals surface area contributed by atoms with E-state index in [1.54, 1.807) is 48.6 Å². The summed E-state index contributed by atoms with van der Waals surface area (Å²) in [6.45, 7) is 7.59. The Labute approximate surface area is 235 Å². The first-order valence-corrected chi connectivity index (χ1v) is 13.4. The Balaban J connectivity index is 1.49. The quantitative estimate of drug-likeness (QED) is 0.309. The molecule has 0 fully saturated rings. The summed E-state index contributed by atoms with van der Waals surface area (Å²) >= 11 is 1.61. The first-order chi connectivity index (χ1) is 19.2. The van der Waals surface area contributed by atoms with Crippen LogP contribution < -0.4 is 5.32 Å². The normalized spacial score (nSPS) is 15.0. The monoisotopic (exact) mass is 550 g/mol. The molecule has 0 radical (unpaired) electrons. The number of benzene rings is 2. The third-order valence-electron chi connectivity index (χ3n) is 6.92. The van der Waals surface area contributed by atoms with Crippen LogP contribution in [0.5, 0.6) is 0 Å². The van der Waals surface area contributed by atoms with Crippen molar-refractivity contribution in [1.82, 2.24) is 14.8 Å². The van der Waals surface area contributed by atoms with Gasteiger partial charge in [-0.05, 0) is 63.1 Å². The molecule has 0 bridgehead atoms. The largest absolute Gasteiger partial charge is 0.481 e. The number of amides is 1. The van der Waals surface area contributed by atoms with E-state index in [4.69, 9.17) is 10.3 Å². The van der Waals surface area contributed by atoms with Crippen LogP contribution >= 0.6 is 11.3 Å². The molecule has 5 rings (SSSR count). The van der Waals surface area contributed by atoms with Crippen molar-refractivity contribution in [2.75, 3.05) is 5.32 Å². The van der Waals surface area contributed by atoms with Crippen LogP contribution in [0.25, 0.3) is 11.1 Å². The van der Waals surface area contributed by atoms with Crippen LogP contribution in [0.2, 0.25) is 0 Å². The number of thiophene rings is 1. The van der Waals surface area contributed by atoms with Gasteiger partial charge >= 0.3 is 5.97 Å². The highest BCUT2D eigenvalue weighted by Crippen LogP contribution is 2.40. The number of hydrogen-bond donors (Lipinski definition) is 2. The molecule has 4 aromatic rings. The van der Waals surface area contributed by atoms with Gasteiger partial charge in [-0.2, -0.15) is 5.26 Å². The molecule has 2 atom stereocenters. The number of nitriles is 1. The van der Waals surface area contributed by atoms with E-state index in [0.717, 1.165) is 32.1 Å². The average Bonchev–Trinajstić information content (AvgIpc) is 3.41. The molecule has 1 unspecified atom stereocenters. The van der Waals surface area contributed by atoms with Gasteiger partial charge in [0.25, 0.3) is 0 Å². The fourth-order valence-corrected chi connectivity index (χ4v) is 5.81. The molecular weight excluding hydrogens is 524 g/mol. The summed E-state index contributed by atoms with van der Waals surface area (Å²) < 4.78 is 1.93. The number of hydrogen-bond acceptors (Lipinski definition) is 7. The van der Waals surface area contributed by atoms with Crippen molar-refractivity contribution in [3.8, 4) is 11.1 Å². The van der Waals surface area contributed by atoms with Crippen LogP contribution in [0.1, 0.15) is 57.3 Å². The summed E-state index contributed by atoms with van der Waals surface area (Å²) in [6.07, 6.45) is 3.13. The maximum absolute atomic E-state index is 12.4. The lowest BCUT2D eigenvalue weighted by atomic mass is 9.97. The summed E-state index contributed by atoms with van der Waals surface area (Å²) in [4.78, 5) is 30.6. The zero-order valence-corrected chi connectivity index (χ0v) is 23.2. The third kappa shape index (κ3) is 4.95. The molecule has 0 spiro atoms. The second kappa shape index (κ2) is 10.7. The number of aromatic nitrogens is 3. The topological polar surface area (TPSA) is 133 Å². The first-order valence-electron chi connectivity index (χ1n) is 12.6. The van der Waals surface area contributed by atoms with Crippen LogP contribution in [0.15, 0.2) is 59.6 Å². The molecule has 9 nitrogen and oxygen atoms in total. The highest BCUT2D eigenvalue weighted by atomic mass is 32.1. The molecule has 3 heterocycles. The first kappa shape index (κ1) is 26.7. The summed E-state index contributed by atoms with van der Waals surface area (Å²) in [5, 5.41) is 31.2. The van der Waals surface area contributed by atoms with E-state index in [-0.39, 0.29) is 5.91 Å². The molecule has 1 aliphatic rings. The molecule has 2 N–H and O–H groups in total. The Morgan fingerprint density at radius 3 is 2.60 bits per heavy atom. The molecule has 40 heavy (non-hydrogen) atoms. The van der Waals surface area contributed by atoms with Crippen LogP contribution in [0.3, 0.4) is 0 Å². The van der Waals surface area contributed by atoms with Gasteiger partial charge in [0.2, 0.25) is 5.91 Å². The van der Waals surface area contributed by atoms with Gasteiger partial charge in [0.15, 0.2) is 5.82 Å². The Hall–Kier alpha value is -4.88. The zero-order valence-electron chi connectivity index (χ0n) is 22.3. The standard InChI is InChI=1S/C30H26N6O3S/c1-16-18(3)40-29-25(16)27(33-26(17(2)30(38)39)28-35-34-19(4)36(28)29)22-11-8-20(9-12-22)10-13-24(37)32-23-7-5-6-21(14-23)15-31/h5-14,17,26H,1-4H3,(H,32,37)(H,38,39)/t17?,26-/m0/s1. The Morgan fingerprint density at radius 2 is 1.90 bits per heavy atom. The predicted molar refractivity (Wildman–Crippen MR) is 154 cm³/mol. The van der Waals surface area contributed by atoms with Crippen molar-refractivity contribution < 1.29 is 14.7 Å². The minimum atomic E-state index is -0.962. The van der Waals surface area contributed by atoms with E-state index >= 15 is 0 Å². The van der Waals surface area contributed by atoms with Crippen molar-refractivity contribution in [2.24, 2.45) is 10.9 Å². The van der Waals surface area contributed by atoms with Crippen molar-refractivity contribution >= 4 is 40.7 Å². The van der Waals surface area contributed by atoms with Crippen molar-refractivity contribution in [3.05, 3.63) is 99.0 Å². The van der Waals surface area contributed by atoms with E-state index < -0.39 is 17.9 Å². The number of aryl methyl sites for hydroxylation is 2. The maximum Gasteiger partial charge on any atom is 0.308 e. The fourth-order valence-electron chi connectivity index (χ4n) is 4.59. The third-order valence-corrected chi connectivity index (χ3v) is 8.12. The van der Waals surface area contributed by atoms with Gasteiger partial charge in [-0.15, -0.1) is 21.5 Å². The molecule has 1 amide bonds. The lowest BCUT2D eigenvalue weighted by Gasteiger charge is -2.16. The number of nitrogens with one attached hydrogen (secondary N) is 1. The Bertz CT molecular complexity index is 1740. The Kier molecular flexibility index (Phi) is 7.15. The second-order valence-corrected chi connectivity index (χ2v) is 10.8. The van der Waals surface area contributed by atoms with Gasteiger partial charge in [-0.3, -0.25) is 19.1 Å². The van der Waals surface area contributed by atoms with Gasteiger partial charge in [0.05, 0.1) is 23.3 Å². The highest BCUT2D eigenvalue weighted by molar-refractivity contribution is 7.15. The van der Waals surface area contributed by atoms with E-state index in [1.165, 1.54) is 6.08 Å². The van der Waals surface area contributed by atoms with Gasteiger partial charge in [-0.25, -0.2) is 0 Å². The molecule has 0 saturated heterocycles. The van der Waals surface area contributed by atoms with E-state index in [0.29, 0.717) is 28.6 Å². The molecule has 200 valence electrons. The maximum atomic E-state index is 12.4. The van der Waals surface area contributed by atoms with Crippen LogP contribution in [0, 0.1) is 38.0 Å². The van der Waals surface area contributed by atoms with Gasteiger partial charge in [0, 0.05) is 27.8 Å². The fraction of sp³-hybridized carbons (Fsp3) is 0.200. The van der Waals surface area contributed by atoms with Crippen molar-refractivity contribution in [1.29, 1.82) is 5.26 Å². The van der Waals surface area contributed by atoms with E-state index in [9.17, 15) is 14.7 Å². The number of carboxylic acids is 1. The van der Waals surface area contributed by atoms with E-state index in [2.05, 4.69) is 28.5 Å². The number of carboxylic acid groups (broad SMARTS) is 1. The summed E-state index contributed by atoms with van der Waals surface area (Å²) in [7, 11) is 0. The zero-order chi connectivity index (χ0) is 28.6. The summed E-state index contributed by atoms with van der Waals surface area (Å²) in [5.41, 5.74) is 5.36. The molecule has 0 saturated carbocycles. The number of carbonyl (C=O) groups excluding carboxylic acids is 1. The second-order valence-electron chi connectivity index (χ2n) is 9.59. The van der Waals surface area contributed by atoms with Gasteiger partial charge in [0.1, 0.15) is 16.9 Å². The van der Waals surface area contributed by atoms with Crippen LogP contribution in [0.4, 0.5) is 5.69 Å². The predicted octanol–water partition coefficient (Wildman–Crippen LogP) is 5.39. The number of fused-ring (bicyclic) bond motifs is 3. The van der Waals surface area contributed by atoms with E-state index in [1.807, 2.05) is 42.7 Å². The van der Waals surface area contributed by atoms with Crippen LogP contribution in [-0.2, 0) is 9.59 Å². The number of nitrogens with zero attached hydrogens (tertiary/aromatic N) is 5. The molecule has 0 aliphatic carbocycles. The highest BCUT2D eigenvalue weighted by Gasteiger charge is 2.36. The molecule has 1 aliphatic heterocycles. The smallest absolute Gasteiger partial charge is 0.308 e. The summed E-state index contributed by atoms with van der Waals surface area (Å²) in [5.74, 6) is -0.908. The summed E-state index contributed by atoms with van der Waals surface area (Å²) in [6, 6.07) is 15.7. The van der Waals surface area contributed by atoms with Crippen molar-refractivity contribution in [2.45, 2.75) is 33.7 Å². The average molecular weight is 551 g/mol. The number of rotatable bonds is 6. The van der Waals surface area contributed by atoms with Gasteiger partial charge < -0.3 is 10.4 Å². The molecule has 10 heteroatoms. The molecular formula is C30H26N6O3S.